The summed E-state index contributed by atoms with van der Waals surface area (Å²) in [6, 6.07) is 12.0. The highest BCUT2D eigenvalue weighted by atomic mass is 32.2. The summed E-state index contributed by atoms with van der Waals surface area (Å²) in [5.41, 5.74) is 5.63. The quantitative estimate of drug-likeness (QED) is 0.332. The summed E-state index contributed by atoms with van der Waals surface area (Å²) < 4.78 is 6.87. The van der Waals surface area contributed by atoms with E-state index in [0.717, 1.165) is 14.4 Å². The first-order valence-corrected chi connectivity index (χ1v) is 10.9. The predicted molar refractivity (Wildman–Crippen MR) is 110 cm³/mol. The van der Waals surface area contributed by atoms with Gasteiger partial charge in [0.05, 0.1) is 12.0 Å². The molecule has 0 aliphatic heterocycles. The van der Waals surface area contributed by atoms with E-state index in [4.69, 9.17) is 4.42 Å². The van der Waals surface area contributed by atoms with Crippen molar-refractivity contribution in [2.75, 3.05) is 5.75 Å². The first kappa shape index (κ1) is 19.7. The number of hydrogen-bond donors (Lipinski definition) is 1. The number of carbonyl (C=O) groups is 1. The third-order valence-electron chi connectivity index (χ3n) is 3.42. The Kier molecular flexibility index (Phi) is 7.08. The minimum atomic E-state index is -0.199. The highest BCUT2D eigenvalue weighted by molar-refractivity contribution is 8.03. The molecule has 140 valence electrons. The van der Waals surface area contributed by atoms with Gasteiger partial charge in [-0.05, 0) is 31.5 Å². The standard InChI is InChI=1S/C18H18N4O2S3/c1-12-5-7-14(8-6-12)10-25-17-21-22-18(27-17)26-11-16(23)20-19-13(2)15-4-3-9-24-15/h3-9H,10-11H2,1-2H3,(H,20,23)/b19-13-. The Morgan fingerprint density at radius 3 is 2.63 bits per heavy atom. The van der Waals surface area contributed by atoms with E-state index in [1.807, 2.05) is 0 Å². The molecule has 2 heterocycles. The van der Waals surface area contributed by atoms with E-state index >= 15 is 0 Å². The van der Waals surface area contributed by atoms with Gasteiger partial charge in [0.25, 0.3) is 5.91 Å². The highest BCUT2D eigenvalue weighted by Crippen LogP contribution is 2.30. The van der Waals surface area contributed by atoms with Crippen LogP contribution in [0.1, 0.15) is 23.8 Å². The number of aryl methyl sites for hydroxylation is 1. The number of hydrazone groups is 1. The SMILES string of the molecule is C/C(=N/NC(=O)CSc1nnc(SCc2ccc(C)cc2)s1)c1ccco1. The Balaban J connectivity index is 1.43. The Morgan fingerprint density at radius 1 is 1.19 bits per heavy atom. The maximum absolute atomic E-state index is 11.9. The molecule has 0 bridgehead atoms. The molecule has 0 saturated carbocycles. The van der Waals surface area contributed by atoms with Gasteiger partial charge in [0.2, 0.25) is 0 Å². The van der Waals surface area contributed by atoms with E-state index in [2.05, 4.69) is 51.9 Å². The van der Waals surface area contributed by atoms with Crippen molar-refractivity contribution < 1.29 is 9.21 Å². The molecule has 0 atom stereocenters. The van der Waals surface area contributed by atoms with Crippen molar-refractivity contribution in [2.24, 2.45) is 5.10 Å². The minimum absolute atomic E-state index is 0.199. The lowest BCUT2D eigenvalue weighted by molar-refractivity contribution is -0.118. The summed E-state index contributed by atoms with van der Waals surface area (Å²) in [4.78, 5) is 11.9. The fourth-order valence-corrected chi connectivity index (χ4v) is 4.76. The minimum Gasteiger partial charge on any atom is -0.463 e. The van der Waals surface area contributed by atoms with Crippen LogP contribution in [0.25, 0.3) is 0 Å². The van der Waals surface area contributed by atoms with Crippen LogP contribution in [0, 0.1) is 6.92 Å². The molecule has 0 fully saturated rings. The lowest BCUT2D eigenvalue weighted by atomic mass is 10.2. The van der Waals surface area contributed by atoms with Crippen molar-refractivity contribution in [1.29, 1.82) is 0 Å². The molecule has 27 heavy (non-hydrogen) atoms. The molecule has 9 heteroatoms. The summed E-state index contributed by atoms with van der Waals surface area (Å²) in [5.74, 6) is 1.50. The fraction of sp³-hybridized carbons (Fsp3) is 0.222. The van der Waals surface area contributed by atoms with Gasteiger partial charge in [0, 0.05) is 5.75 Å². The van der Waals surface area contributed by atoms with Crippen LogP contribution in [0.15, 0.2) is 60.9 Å². The largest absolute Gasteiger partial charge is 0.463 e. The maximum atomic E-state index is 11.9. The van der Waals surface area contributed by atoms with Crippen molar-refractivity contribution in [3.05, 3.63) is 59.5 Å². The summed E-state index contributed by atoms with van der Waals surface area (Å²) in [5, 5.41) is 12.3. The molecule has 1 N–H and O–H groups in total. The zero-order valence-corrected chi connectivity index (χ0v) is 17.3. The molecule has 0 radical (unpaired) electrons. The van der Waals surface area contributed by atoms with Gasteiger partial charge in [-0.15, -0.1) is 10.2 Å². The van der Waals surface area contributed by atoms with E-state index < -0.39 is 0 Å². The van der Waals surface area contributed by atoms with Gasteiger partial charge in [0.1, 0.15) is 11.5 Å². The number of furan rings is 1. The number of carbonyl (C=O) groups excluding carboxylic acids is 1. The van der Waals surface area contributed by atoms with Crippen molar-refractivity contribution >= 4 is 46.5 Å². The van der Waals surface area contributed by atoms with E-state index in [9.17, 15) is 4.79 Å². The lowest BCUT2D eigenvalue weighted by Gasteiger charge is -1.99. The van der Waals surface area contributed by atoms with Crippen LogP contribution in [0.4, 0.5) is 0 Å². The molecule has 0 saturated heterocycles. The average molecular weight is 419 g/mol. The summed E-state index contributed by atoms with van der Waals surface area (Å²) in [6.45, 7) is 3.85. The van der Waals surface area contributed by atoms with E-state index in [1.165, 1.54) is 34.2 Å². The maximum Gasteiger partial charge on any atom is 0.250 e. The highest BCUT2D eigenvalue weighted by Gasteiger charge is 2.09. The summed E-state index contributed by atoms with van der Waals surface area (Å²) in [6.07, 6.45) is 1.57. The Bertz CT molecular complexity index is 905. The van der Waals surface area contributed by atoms with Crippen molar-refractivity contribution in [2.45, 2.75) is 28.3 Å². The molecule has 1 aromatic carbocycles. The van der Waals surface area contributed by atoms with Crippen molar-refractivity contribution in [3.8, 4) is 0 Å². The Morgan fingerprint density at radius 2 is 1.93 bits per heavy atom. The molecular formula is C18H18N4O2S3. The molecule has 2 aromatic heterocycles. The van der Waals surface area contributed by atoms with Crippen LogP contribution in [-0.4, -0.2) is 27.6 Å². The van der Waals surface area contributed by atoms with Crippen LogP contribution in [-0.2, 0) is 10.5 Å². The first-order valence-electron chi connectivity index (χ1n) is 8.12. The van der Waals surface area contributed by atoms with Crippen molar-refractivity contribution in [1.82, 2.24) is 15.6 Å². The van der Waals surface area contributed by atoms with Gasteiger partial charge in [-0.1, -0.05) is 64.7 Å². The normalized spacial score (nSPS) is 11.6. The number of rotatable bonds is 8. The van der Waals surface area contributed by atoms with Gasteiger partial charge in [-0.2, -0.15) is 5.10 Å². The predicted octanol–water partition coefficient (Wildman–Crippen LogP) is 4.36. The molecule has 3 aromatic rings. The molecular weight excluding hydrogens is 400 g/mol. The summed E-state index contributed by atoms with van der Waals surface area (Å²) in [7, 11) is 0. The number of nitrogens with one attached hydrogen (secondary N) is 1. The topological polar surface area (TPSA) is 80.4 Å². The fourth-order valence-electron chi connectivity index (χ4n) is 1.99. The molecule has 0 spiro atoms. The van der Waals surface area contributed by atoms with Gasteiger partial charge in [-0.3, -0.25) is 4.79 Å². The second-order valence-corrected chi connectivity index (χ2v) is 9.03. The van der Waals surface area contributed by atoms with Gasteiger partial charge >= 0.3 is 0 Å². The van der Waals surface area contributed by atoms with Crippen LogP contribution >= 0.6 is 34.9 Å². The van der Waals surface area contributed by atoms with Crippen LogP contribution in [0.2, 0.25) is 0 Å². The third kappa shape index (κ3) is 6.23. The van der Waals surface area contributed by atoms with Crippen LogP contribution in [0.5, 0.6) is 0 Å². The van der Waals surface area contributed by atoms with E-state index in [0.29, 0.717) is 11.5 Å². The lowest BCUT2D eigenvalue weighted by Crippen LogP contribution is -2.21. The smallest absolute Gasteiger partial charge is 0.250 e. The average Bonchev–Trinajstić information content (AvgIpc) is 3.36. The van der Waals surface area contributed by atoms with Crippen molar-refractivity contribution in [3.63, 3.8) is 0 Å². The number of thioether (sulfide) groups is 2. The van der Waals surface area contributed by atoms with Crippen LogP contribution in [0.3, 0.4) is 0 Å². The molecule has 0 unspecified atom stereocenters. The molecule has 0 aliphatic rings. The summed E-state index contributed by atoms with van der Waals surface area (Å²) >= 11 is 4.49. The Labute approximate surface area is 169 Å². The number of aromatic nitrogens is 2. The molecule has 6 nitrogen and oxygen atoms in total. The monoisotopic (exact) mass is 418 g/mol. The number of amides is 1. The number of benzene rings is 1. The third-order valence-corrected chi connectivity index (χ3v) is 6.68. The zero-order chi connectivity index (χ0) is 19.1. The van der Waals surface area contributed by atoms with Gasteiger partial charge in [-0.25, -0.2) is 5.43 Å². The van der Waals surface area contributed by atoms with Gasteiger partial charge in [0.15, 0.2) is 8.68 Å². The van der Waals surface area contributed by atoms with E-state index in [1.54, 1.807) is 37.1 Å². The second kappa shape index (κ2) is 9.72. The van der Waals surface area contributed by atoms with E-state index in [-0.39, 0.29) is 11.7 Å². The second-order valence-electron chi connectivity index (χ2n) is 5.61. The zero-order valence-electron chi connectivity index (χ0n) is 14.8. The number of nitrogens with zero attached hydrogens (tertiary/aromatic N) is 3. The van der Waals surface area contributed by atoms with Gasteiger partial charge < -0.3 is 4.42 Å². The number of hydrogen-bond acceptors (Lipinski definition) is 8. The van der Waals surface area contributed by atoms with Crippen LogP contribution < -0.4 is 5.43 Å². The molecule has 0 aliphatic carbocycles. The Hall–Kier alpha value is -2.10. The molecule has 3 rings (SSSR count). The first-order chi connectivity index (χ1) is 13.1. The molecule has 1 amide bonds.